The Balaban J connectivity index is 1.43. The quantitative estimate of drug-likeness (QED) is 0.862. The molecule has 3 rings (SSSR count). The standard InChI is InChI=1S/C19H25N3O/c1-16-4-2-3-5-19(16)23-15-14-21-10-12-22(13-11-21)18-8-6-17(20)7-9-18/h2-9H,10-15,20H2,1H3. The molecular weight excluding hydrogens is 286 g/mol. The maximum absolute atomic E-state index is 5.90. The number of ether oxygens (including phenoxy) is 1. The predicted molar refractivity (Wildman–Crippen MR) is 96.2 cm³/mol. The van der Waals surface area contributed by atoms with Crippen molar-refractivity contribution in [1.82, 2.24) is 4.90 Å². The monoisotopic (exact) mass is 311 g/mol. The minimum absolute atomic E-state index is 0.743. The second-order valence-corrected chi connectivity index (χ2v) is 6.03. The van der Waals surface area contributed by atoms with E-state index in [1.54, 1.807) is 0 Å². The fraction of sp³-hybridized carbons (Fsp3) is 0.368. The summed E-state index contributed by atoms with van der Waals surface area (Å²) in [4.78, 5) is 4.88. The van der Waals surface area contributed by atoms with Gasteiger partial charge in [0.1, 0.15) is 12.4 Å². The van der Waals surface area contributed by atoms with Crippen LogP contribution in [0.4, 0.5) is 11.4 Å². The molecule has 0 atom stereocenters. The second kappa shape index (κ2) is 7.38. The maximum atomic E-state index is 5.90. The van der Waals surface area contributed by atoms with Crippen LogP contribution >= 0.6 is 0 Å². The molecule has 1 aliphatic rings. The van der Waals surface area contributed by atoms with Gasteiger partial charge in [-0.2, -0.15) is 0 Å². The molecule has 122 valence electrons. The third-order valence-electron chi connectivity index (χ3n) is 4.39. The molecule has 0 radical (unpaired) electrons. The predicted octanol–water partition coefficient (Wildman–Crippen LogP) is 2.78. The fourth-order valence-electron chi connectivity index (χ4n) is 2.92. The summed E-state index contributed by atoms with van der Waals surface area (Å²) in [6.45, 7) is 8.04. The van der Waals surface area contributed by atoms with Gasteiger partial charge in [0.05, 0.1) is 0 Å². The van der Waals surface area contributed by atoms with E-state index in [0.717, 1.165) is 50.8 Å². The van der Waals surface area contributed by atoms with Gasteiger partial charge < -0.3 is 15.4 Å². The molecule has 1 saturated heterocycles. The zero-order valence-corrected chi connectivity index (χ0v) is 13.7. The van der Waals surface area contributed by atoms with Gasteiger partial charge in [0.2, 0.25) is 0 Å². The van der Waals surface area contributed by atoms with Crippen molar-refractivity contribution in [1.29, 1.82) is 0 Å². The van der Waals surface area contributed by atoms with Crippen molar-refractivity contribution in [3.63, 3.8) is 0 Å². The van der Waals surface area contributed by atoms with Gasteiger partial charge in [-0.3, -0.25) is 4.90 Å². The SMILES string of the molecule is Cc1ccccc1OCCN1CCN(c2ccc(N)cc2)CC1. The molecule has 4 nitrogen and oxygen atoms in total. The lowest BCUT2D eigenvalue weighted by atomic mass is 10.2. The van der Waals surface area contributed by atoms with E-state index in [-0.39, 0.29) is 0 Å². The van der Waals surface area contributed by atoms with Crippen LogP contribution in [-0.2, 0) is 0 Å². The molecule has 0 aromatic heterocycles. The lowest BCUT2D eigenvalue weighted by molar-refractivity contribution is 0.200. The lowest BCUT2D eigenvalue weighted by Gasteiger charge is -2.36. The molecule has 1 fully saturated rings. The number of anilines is 2. The summed E-state index contributed by atoms with van der Waals surface area (Å²) in [7, 11) is 0. The smallest absolute Gasteiger partial charge is 0.122 e. The molecule has 0 spiro atoms. The average molecular weight is 311 g/mol. The number of nitrogens with zero attached hydrogens (tertiary/aromatic N) is 2. The van der Waals surface area contributed by atoms with Crippen LogP contribution in [0.25, 0.3) is 0 Å². The van der Waals surface area contributed by atoms with Crippen molar-refractivity contribution >= 4 is 11.4 Å². The highest BCUT2D eigenvalue weighted by atomic mass is 16.5. The van der Waals surface area contributed by atoms with Crippen molar-refractivity contribution in [2.24, 2.45) is 0 Å². The van der Waals surface area contributed by atoms with Gasteiger partial charge in [0.25, 0.3) is 0 Å². The maximum Gasteiger partial charge on any atom is 0.122 e. The van der Waals surface area contributed by atoms with E-state index in [9.17, 15) is 0 Å². The Labute approximate surface area is 138 Å². The molecule has 1 heterocycles. The number of nitrogens with two attached hydrogens (primary N) is 1. The number of para-hydroxylation sites is 1. The molecule has 0 unspecified atom stereocenters. The Morgan fingerprint density at radius 2 is 1.65 bits per heavy atom. The zero-order valence-electron chi connectivity index (χ0n) is 13.7. The van der Waals surface area contributed by atoms with Gasteiger partial charge >= 0.3 is 0 Å². The molecule has 2 aromatic rings. The van der Waals surface area contributed by atoms with Crippen LogP contribution in [0, 0.1) is 6.92 Å². The molecule has 0 bridgehead atoms. The second-order valence-electron chi connectivity index (χ2n) is 6.03. The van der Waals surface area contributed by atoms with Gasteiger partial charge in [-0.15, -0.1) is 0 Å². The minimum atomic E-state index is 0.743. The Morgan fingerprint density at radius 1 is 0.957 bits per heavy atom. The lowest BCUT2D eigenvalue weighted by Crippen LogP contribution is -2.47. The molecule has 0 saturated carbocycles. The number of aryl methyl sites for hydroxylation is 1. The van der Waals surface area contributed by atoms with Crippen LogP contribution in [0.15, 0.2) is 48.5 Å². The van der Waals surface area contributed by atoms with Crippen LogP contribution in [0.3, 0.4) is 0 Å². The number of nitrogen functional groups attached to an aromatic ring is 1. The van der Waals surface area contributed by atoms with Crippen LogP contribution in [-0.4, -0.2) is 44.2 Å². The topological polar surface area (TPSA) is 41.7 Å². The largest absolute Gasteiger partial charge is 0.492 e. The van der Waals surface area contributed by atoms with Gasteiger partial charge in [0, 0.05) is 44.1 Å². The molecule has 2 N–H and O–H groups in total. The Kier molecular flexibility index (Phi) is 5.03. The van der Waals surface area contributed by atoms with Crippen LogP contribution in [0.2, 0.25) is 0 Å². The first kappa shape index (κ1) is 15.7. The number of benzene rings is 2. The summed E-state index contributed by atoms with van der Waals surface area (Å²) < 4.78 is 5.90. The number of hydrogen-bond acceptors (Lipinski definition) is 4. The average Bonchev–Trinajstić information content (AvgIpc) is 2.58. The summed E-state index contributed by atoms with van der Waals surface area (Å²) >= 11 is 0. The van der Waals surface area contributed by atoms with Crippen LogP contribution in [0.5, 0.6) is 5.75 Å². The Bertz CT molecular complexity index is 619. The van der Waals surface area contributed by atoms with Crippen LogP contribution in [0.1, 0.15) is 5.56 Å². The first-order valence-electron chi connectivity index (χ1n) is 8.23. The minimum Gasteiger partial charge on any atom is -0.492 e. The van der Waals surface area contributed by atoms with E-state index in [0.29, 0.717) is 0 Å². The summed E-state index contributed by atoms with van der Waals surface area (Å²) in [6.07, 6.45) is 0. The van der Waals surface area contributed by atoms with Gasteiger partial charge in [0.15, 0.2) is 0 Å². The summed E-state index contributed by atoms with van der Waals surface area (Å²) in [5.74, 6) is 0.994. The van der Waals surface area contributed by atoms with E-state index < -0.39 is 0 Å². The van der Waals surface area contributed by atoms with Crippen molar-refractivity contribution in [3.05, 3.63) is 54.1 Å². The van der Waals surface area contributed by atoms with Gasteiger partial charge in [-0.05, 0) is 42.8 Å². The van der Waals surface area contributed by atoms with Crippen molar-refractivity contribution in [3.8, 4) is 5.75 Å². The number of piperazine rings is 1. The molecule has 23 heavy (non-hydrogen) atoms. The van der Waals surface area contributed by atoms with E-state index in [1.807, 2.05) is 30.3 Å². The van der Waals surface area contributed by atoms with Crippen LogP contribution < -0.4 is 15.4 Å². The van der Waals surface area contributed by atoms with Crippen molar-refractivity contribution in [2.45, 2.75) is 6.92 Å². The first-order chi connectivity index (χ1) is 11.2. The zero-order chi connectivity index (χ0) is 16.1. The first-order valence-corrected chi connectivity index (χ1v) is 8.23. The normalized spacial score (nSPS) is 15.6. The summed E-state index contributed by atoms with van der Waals surface area (Å²) in [6, 6.07) is 16.3. The molecular formula is C19H25N3O. The third kappa shape index (κ3) is 4.17. The van der Waals surface area contributed by atoms with E-state index in [1.165, 1.54) is 11.3 Å². The van der Waals surface area contributed by atoms with Gasteiger partial charge in [-0.1, -0.05) is 18.2 Å². The van der Waals surface area contributed by atoms with Crippen molar-refractivity contribution in [2.75, 3.05) is 50.0 Å². The number of hydrogen-bond donors (Lipinski definition) is 1. The molecule has 0 amide bonds. The fourth-order valence-corrected chi connectivity index (χ4v) is 2.92. The summed E-state index contributed by atoms with van der Waals surface area (Å²) in [5, 5.41) is 0. The highest BCUT2D eigenvalue weighted by Crippen LogP contribution is 2.18. The molecule has 4 heteroatoms. The number of rotatable bonds is 5. The molecule has 2 aromatic carbocycles. The highest BCUT2D eigenvalue weighted by molar-refractivity contribution is 5.53. The summed E-state index contributed by atoms with van der Waals surface area (Å²) in [5.41, 5.74) is 9.03. The Hall–Kier alpha value is -2.20. The molecule has 1 aliphatic heterocycles. The Morgan fingerprint density at radius 3 is 2.35 bits per heavy atom. The van der Waals surface area contributed by atoms with Gasteiger partial charge in [-0.25, -0.2) is 0 Å². The van der Waals surface area contributed by atoms with Crippen molar-refractivity contribution < 1.29 is 4.74 Å². The van der Waals surface area contributed by atoms with E-state index >= 15 is 0 Å². The molecule has 0 aliphatic carbocycles. The van der Waals surface area contributed by atoms with E-state index in [4.69, 9.17) is 10.5 Å². The van der Waals surface area contributed by atoms with E-state index in [2.05, 4.69) is 34.9 Å². The highest BCUT2D eigenvalue weighted by Gasteiger charge is 2.16. The third-order valence-corrected chi connectivity index (χ3v) is 4.39.